The van der Waals surface area contributed by atoms with Crippen LogP contribution in [0.1, 0.15) is 45.1 Å². The lowest BCUT2D eigenvalue weighted by Crippen LogP contribution is -2.32. The van der Waals surface area contributed by atoms with Crippen LogP contribution in [0.25, 0.3) is 0 Å². The van der Waals surface area contributed by atoms with Crippen LogP contribution < -0.4 is 5.32 Å². The van der Waals surface area contributed by atoms with Gasteiger partial charge in [-0.25, -0.2) is 0 Å². The zero-order chi connectivity index (χ0) is 14.0. The van der Waals surface area contributed by atoms with Crippen LogP contribution in [0.5, 0.6) is 0 Å². The molecule has 0 aliphatic heterocycles. The summed E-state index contributed by atoms with van der Waals surface area (Å²) in [6.45, 7) is 6.32. The van der Waals surface area contributed by atoms with Crippen molar-refractivity contribution < 1.29 is 4.92 Å². The van der Waals surface area contributed by atoms with Crippen molar-refractivity contribution in [3.63, 3.8) is 0 Å². The van der Waals surface area contributed by atoms with E-state index in [2.05, 4.69) is 19.2 Å². The molecule has 2 rings (SSSR count). The van der Waals surface area contributed by atoms with Gasteiger partial charge in [-0.1, -0.05) is 32.4 Å². The Bertz CT molecular complexity index is 483. The highest BCUT2D eigenvalue weighted by Gasteiger charge is 2.29. The molecular formula is C15H22N2O2. The number of anilines is 1. The van der Waals surface area contributed by atoms with Gasteiger partial charge in [0, 0.05) is 11.6 Å². The number of rotatable bonds is 3. The fraction of sp³-hybridized carbons (Fsp3) is 0.600. The van der Waals surface area contributed by atoms with Crippen LogP contribution in [0.2, 0.25) is 0 Å². The fourth-order valence-electron chi connectivity index (χ4n) is 3.06. The first-order valence-electron chi connectivity index (χ1n) is 6.90. The molecule has 0 amide bonds. The van der Waals surface area contributed by atoms with Gasteiger partial charge in [0.1, 0.15) is 5.69 Å². The molecular weight excluding hydrogens is 240 g/mol. The summed E-state index contributed by atoms with van der Waals surface area (Å²) >= 11 is 0. The van der Waals surface area contributed by atoms with Crippen molar-refractivity contribution in [1.29, 1.82) is 0 Å². The van der Waals surface area contributed by atoms with Crippen molar-refractivity contribution in [3.05, 3.63) is 33.9 Å². The minimum atomic E-state index is -0.286. The van der Waals surface area contributed by atoms with Gasteiger partial charge < -0.3 is 5.32 Å². The van der Waals surface area contributed by atoms with Crippen molar-refractivity contribution in [2.24, 2.45) is 5.41 Å². The first-order chi connectivity index (χ1) is 8.89. The quantitative estimate of drug-likeness (QED) is 0.653. The summed E-state index contributed by atoms with van der Waals surface area (Å²) in [6, 6.07) is 5.81. The van der Waals surface area contributed by atoms with Gasteiger partial charge in [-0.3, -0.25) is 10.1 Å². The number of nitrogens with one attached hydrogen (secondary N) is 1. The highest BCUT2D eigenvalue weighted by molar-refractivity contribution is 5.65. The number of para-hydroxylation sites is 1. The first kappa shape index (κ1) is 13.8. The number of nitro benzene ring substituents is 1. The molecule has 0 bridgehead atoms. The SMILES string of the molecule is Cc1cccc(NC2CCCC(C)(C)C2)c1[N+](=O)[O-]. The largest absolute Gasteiger partial charge is 0.377 e. The molecule has 1 unspecified atom stereocenters. The summed E-state index contributed by atoms with van der Waals surface area (Å²) in [6.07, 6.45) is 4.58. The van der Waals surface area contributed by atoms with E-state index < -0.39 is 0 Å². The highest BCUT2D eigenvalue weighted by Crippen LogP contribution is 2.38. The second-order valence-electron chi connectivity index (χ2n) is 6.33. The molecule has 0 radical (unpaired) electrons. The summed E-state index contributed by atoms with van der Waals surface area (Å²) in [5.74, 6) is 0. The predicted octanol–water partition coefficient (Wildman–Crippen LogP) is 4.28. The maximum atomic E-state index is 11.2. The Morgan fingerprint density at radius 1 is 1.42 bits per heavy atom. The summed E-state index contributed by atoms with van der Waals surface area (Å²) in [7, 11) is 0. The lowest BCUT2D eigenvalue weighted by atomic mass is 9.75. The number of nitrogens with zero attached hydrogens (tertiary/aromatic N) is 1. The molecule has 1 aliphatic rings. The topological polar surface area (TPSA) is 55.2 Å². The standard InChI is InChI=1S/C15H22N2O2/c1-11-6-4-8-13(14(11)17(18)19)16-12-7-5-9-15(2,3)10-12/h4,6,8,12,16H,5,7,9-10H2,1-3H3. The molecule has 4 nitrogen and oxygen atoms in total. The molecule has 0 heterocycles. The monoisotopic (exact) mass is 262 g/mol. The summed E-state index contributed by atoms with van der Waals surface area (Å²) in [5, 5.41) is 14.6. The van der Waals surface area contributed by atoms with Crippen LogP contribution in [0.15, 0.2) is 18.2 Å². The van der Waals surface area contributed by atoms with E-state index in [4.69, 9.17) is 0 Å². The van der Waals surface area contributed by atoms with Crippen LogP contribution in [-0.4, -0.2) is 11.0 Å². The molecule has 19 heavy (non-hydrogen) atoms. The van der Waals surface area contributed by atoms with Gasteiger partial charge in [-0.05, 0) is 37.7 Å². The molecule has 4 heteroatoms. The van der Waals surface area contributed by atoms with Crippen LogP contribution >= 0.6 is 0 Å². The molecule has 1 fully saturated rings. The van der Waals surface area contributed by atoms with Crippen molar-refractivity contribution in [2.75, 3.05) is 5.32 Å². The smallest absolute Gasteiger partial charge is 0.295 e. The third-order valence-corrected chi connectivity index (χ3v) is 3.99. The lowest BCUT2D eigenvalue weighted by molar-refractivity contribution is -0.384. The molecule has 1 atom stereocenters. The minimum Gasteiger partial charge on any atom is -0.377 e. The van der Waals surface area contributed by atoms with E-state index >= 15 is 0 Å². The zero-order valence-corrected chi connectivity index (χ0v) is 11.9. The van der Waals surface area contributed by atoms with E-state index in [1.54, 1.807) is 13.0 Å². The Morgan fingerprint density at radius 2 is 2.16 bits per heavy atom. The van der Waals surface area contributed by atoms with E-state index in [0.29, 0.717) is 22.7 Å². The van der Waals surface area contributed by atoms with Gasteiger partial charge in [0.25, 0.3) is 5.69 Å². The lowest BCUT2D eigenvalue weighted by Gasteiger charge is -2.36. The average Bonchev–Trinajstić information content (AvgIpc) is 2.26. The molecule has 0 saturated heterocycles. The number of hydrogen-bond donors (Lipinski definition) is 1. The Labute approximate surface area is 114 Å². The fourth-order valence-corrected chi connectivity index (χ4v) is 3.06. The van der Waals surface area contributed by atoms with Crippen LogP contribution in [0, 0.1) is 22.5 Å². The second-order valence-corrected chi connectivity index (χ2v) is 6.33. The van der Waals surface area contributed by atoms with Gasteiger partial charge in [-0.15, -0.1) is 0 Å². The van der Waals surface area contributed by atoms with E-state index in [-0.39, 0.29) is 10.6 Å². The van der Waals surface area contributed by atoms with Gasteiger partial charge in [0.15, 0.2) is 0 Å². The molecule has 0 aromatic heterocycles. The summed E-state index contributed by atoms with van der Waals surface area (Å²) in [5.41, 5.74) is 1.91. The van der Waals surface area contributed by atoms with E-state index in [9.17, 15) is 10.1 Å². The van der Waals surface area contributed by atoms with Crippen molar-refractivity contribution in [2.45, 2.75) is 52.5 Å². The van der Waals surface area contributed by atoms with Crippen LogP contribution in [0.4, 0.5) is 11.4 Å². The Balaban J connectivity index is 2.19. The number of aryl methyl sites for hydroxylation is 1. The predicted molar refractivity (Wildman–Crippen MR) is 77.5 cm³/mol. The average molecular weight is 262 g/mol. The summed E-state index contributed by atoms with van der Waals surface area (Å²) in [4.78, 5) is 10.9. The molecule has 104 valence electrons. The zero-order valence-electron chi connectivity index (χ0n) is 11.9. The maximum Gasteiger partial charge on any atom is 0.295 e. The van der Waals surface area contributed by atoms with Gasteiger partial charge in [0.2, 0.25) is 0 Å². The van der Waals surface area contributed by atoms with Crippen LogP contribution in [0.3, 0.4) is 0 Å². The van der Waals surface area contributed by atoms with Crippen molar-refractivity contribution in [1.82, 2.24) is 0 Å². The van der Waals surface area contributed by atoms with E-state index in [1.807, 2.05) is 12.1 Å². The number of benzene rings is 1. The van der Waals surface area contributed by atoms with Gasteiger partial charge in [0.05, 0.1) is 4.92 Å². The van der Waals surface area contributed by atoms with Crippen molar-refractivity contribution >= 4 is 11.4 Å². The maximum absolute atomic E-state index is 11.2. The van der Waals surface area contributed by atoms with Gasteiger partial charge in [-0.2, -0.15) is 0 Å². The number of nitro groups is 1. The van der Waals surface area contributed by atoms with E-state index in [1.165, 1.54) is 12.8 Å². The first-order valence-corrected chi connectivity index (χ1v) is 6.90. The third-order valence-electron chi connectivity index (χ3n) is 3.99. The Morgan fingerprint density at radius 3 is 2.79 bits per heavy atom. The molecule has 1 aromatic rings. The van der Waals surface area contributed by atoms with Gasteiger partial charge >= 0.3 is 0 Å². The summed E-state index contributed by atoms with van der Waals surface area (Å²) < 4.78 is 0. The molecule has 1 aliphatic carbocycles. The molecule has 1 aromatic carbocycles. The normalized spacial score (nSPS) is 21.9. The molecule has 0 spiro atoms. The number of hydrogen-bond acceptors (Lipinski definition) is 3. The third kappa shape index (κ3) is 3.25. The minimum absolute atomic E-state index is 0.214. The van der Waals surface area contributed by atoms with Crippen LogP contribution in [-0.2, 0) is 0 Å². The Hall–Kier alpha value is -1.58. The Kier molecular flexibility index (Phi) is 3.78. The highest BCUT2D eigenvalue weighted by atomic mass is 16.6. The molecule has 1 saturated carbocycles. The van der Waals surface area contributed by atoms with Crippen molar-refractivity contribution in [3.8, 4) is 0 Å². The second kappa shape index (κ2) is 5.19. The van der Waals surface area contributed by atoms with E-state index in [0.717, 1.165) is 12.8 Å². The molecule has 1 N–H and O–H groups in total.